The summed E-state index contributed by atoms with van der Waals surface area (Å²) in [7, 11) is 1.62. The molecule has 1 amide bonds. The number of hydrogen-bond donors (Lipinski definition) is 2. The van der Waals surface area contributed by atoms with Gasteiger partial charge in [0.2, 0.25) is 0 Å². The number of nitrogens with one attached hydrogen (secondary N) is 1. The zero-order chi connectivity index (χ0) is 13.9. The van der Waals surface area contributed by atoms with Crippen molar-refractivity contribution in [2.45, 2.75) is 12.8 Å². The van der Waals surface area contributed by atoms with E-state index in [1.807, 2.05) is 6.07 Å². The van der Waals surface area contributed by atoms with Crippen LogP contribution in [0.4, 0.5) is 0 Å². The molecule has 5 nitrogen and oxygen atoms in total. The number of hydrogen-bond acceptors (Lipinski definition) is 4. The third-order valence-corrected chi connectivity index (χ3v) is 2.57. The van der Waals surface area contributed by atoms with Crippen molar-refractivity contribution in [1.29, 1.82) is 0 Å². The molecule has 0 saturated heterocycles. The minimum absolute atomic E-state index is 0.0887. The van der Waals surface area contributed by atoms with E-state index in [4.69, 9.17) is 15.2 Å². The van der Waals surface area contributed by atoms with Crippen molar-refractivity contribution >= 4 is 5.91 Å². The highest BCUT2D eigenvalue weighted by atomic mass is 16.5. The Kier molecular flexibility index (Phi) is 7.62. The molecule has 0 heterocycles. The molecule has 0 unspecified atom stereocenters. The van der Waals surface area contributed by atoms with Crippen LogP contribution in [0.2, 0.25) is 0 Å². The van der Waals surface area contributed by atoms with Crippen molar-refractivity contribution in [1.82, 2.24) is 5.32 Å². The minimum Gasteiger partial charge on any atom is -0.491 e. The van der Waals surface area contributed by atoms with Gasteiger partial charge in [-0.25, -0.2) is 0 Å². The van der Waals surface area contributed by atoms with E-state index in [1.54, 1.807) is 25.3 Å². The number of unbranched alkanes of at least 4 members (excludes halogenated alkanes) is 1. The summed E-state index contributed by atoms with van der Waals surface area (Å²) in [5.74, 6) is 0.584. The second-order valence-electron chi connectivity index (χ2n) is 4.12. The molecule has 1 aromatic rings. The summed E-state index contributed by atoms with van der Waals surface area (Å²) in [5.41, 5.74) is 5.99. The van der Waals surface area contributed by atoms with Crippen LogP contribution in [0.3, 0.4) is 0 Å². The number of ether oxygens (including phenoxy) is 2. The van der Waals surface area contributed by atoms with Gasteiger partial charge in [-0.3, -0.25) is 4.79 Å². The first-order chi connectivity index (χ1) is 9.27. The van der Waals surface area contributed by atoms with Gasteiger partial charge in [0.1, 0.15) is 12.4 Å². The maximum Gasteiger partial charge on any atom is 0.251 e. The zero-order valence-corrected chi connectivity index (χ0v) is 11.4. The number of carbonyl (C=O) groups excluding carboxylic acids is 1. The molecule has 3 N–H and O–H groups in total. The molecule has 106 valence electrons. The quantitative estimate of drug-likeness (QED) is 0.658. The SMILES string of the molecule is COCCOc1cccc(C(=O)NCCCCN)c1. The Labute approximate surface area is 114 Å². The number of benzene rings is 1. The van der Waals surface area contributed by atoms with Crippen LogP contribution in [-0.4, -0.2) is 39.3 Å². The molecular formula is C14H22N2O3. The Morgan fingerprint density at radius 1 is 1.32 bits per heavy atom. The lowest BCUT2D eigenvalue weighted by Crippen LogP contribution is -2.24. The van der Waals surface area contributed by atoms with E-state index < -0.39 is 0 Å². The molecule has 0 fully saturated rings. The first kappa shape index (κ1) is 15.5. The summed E-state index contributed by atoms with van der Waals surface area (Å²) in [5, 5.41) is 2.85. The van der Waals surface area contributed by atoms with Crippen LogP contribution in [0.25, 0.3) is 0 Å². The normalized spacial score (nSPS) is 10.2. The van der Waals surface area contributed by atoms with Crippen molar-refractivity contribution in [2.75, 3.05) is 33.4 Å². The van der Waals surface area contributed by atoms with E-state index in [0.717, 1.165) is 12.8 Å². The first-order valence-electron chi connectivity index (χ1n) is 6.48. The topological polar surface area (TPSA) is 73.6 Å². The van der Waals surface area contributed by atoms with Crippen LogP contribution < -0.4 is 15.8 Å². The van der Waals surface area contributed by atoms with Gasteiger partial charge in [-0.1, -0.05) is 6.07 Å². The van der Waals surface area contributed by atoms with Crippen molar-refractivity contribution in [3.8, 4) is 5.75 Å². The van der Waals surface area contributed by atoms with Crippen LogP contribution in [0, 0.1) is 0 Å². The fourth-order valence-electron chi connectivity index (χ4n) is 1.54. The second-order valence-corrected chi connectivity index (χ2v) is 4.12. The number of nitrogens with two attached hydrogens (primary N) is 1. The first-order valence-corrected chi connectivity index (χ1v) is 6.48. The van der Waals surface area contributed by atoms with Crippen LogP contribution in [0.15, 0.2) is 24.3 Å². The molecule has 0 aliphatic carbocycles. The zero-order valence-electron chi connectivity index (χ0n) is 11.4. The predicted octanol–water partition coefficient (Wildman–Crippen LogP) is 1.18. The van der Waals surface area contributed by atoms with Gasteiger partial charge in [-0.15, -0.1) is 0 Å². The van der Waals surface area contributed by atoms with E-state index in [9.17, 15) is 4.79 Å². The van der Waals surface area contributed by atoms with E-state index in [1.165, 1.54) is 0 Å². The van der Waals surface area contributed by atoms with E-state index >= 15 is 0 Å². The Hall–Kier alpha value is -1.59. The highest BCUT2D eigenvalue weighted by Gasteiger charge is 2.05. The van der Waals surface area contributed by atoms with Gasteiger partial charge in [0.05, 0.1) is 6.61 Å². The van der Waals surface area contributed by atoms with Crippen molar-refractivity contribution in [3.63, 3.8) is 0 Å². The molecule has 0 aliphatic heterocycles. The monoisotopic (exact) mass is 266 g/mol. The van der Waals surface area contributed by atoms with Gasteiger partial charge >= 0.3 is 0 Å². The fraction of sp³-hybridized carbons (Fsp3) is 0.500. The highest BCUT2D eigenvalue weighted by Crippen LogP contribution is 2.13. The number of carbonyl (C=O) groups is 1. The molecule has 0 saturated carbocycles. The maximum atomic E-state index is 11.9. The van der Waals surface area contributed by atoms with Gasteiger partial charge in [-0.2, -0.15) is 0 Å². The average Bonchev–Trinajstić information content (AvgIpc) is 2.44. The molecule has 1 aromatic carbocycles. The van der Waals surface area contributed by atoms with Gasteiger partial charge in [0.25, 0.3) is 5.91 Å². The van der Waals surface area contributed by atoms with Crippen molar-refractivity contribution in [3.05, 3.63) is 29.8 Å². The number of amides is 1. The molecule has 0 atom stereocenters. The summed E-state index contributed by atoms with van der Waals surface area (Å²) >= 11 is 0. The van der Waals surface area contributed by atoms with Crippen molar-refractivity contribution in [2.24, 2.45) is 5.73 Å². The van der Waals surface area contributed by atoms with Gasteiger partial charge in [-0.05, 0) is 37.6 Å². The smallest absolute Gasteiger partial charge is 0.251 e. The van der Waals surface area contributed by atoms with Crippen LogP contribution in [-0.2, 0) is 4.74 Å². The third-order valence-electron chi connectivity index (χ3n) is 2.57. The standard InChI is InChI=1S/C14H22N2O3/c1-18-9-10-19-13-6-4-5-12(11-13)14(17)16-8-3-2-7-15/h4-6,11H,2-3,7-10,15H2,1H3,(H,16,17). The summed E-state index contributed by atoms with van der Waals surface area (Å²) in [4.78, 5) is 11.9. The molecule has 0 aliphatic rings. The summed E-state index contributed by atoms with van der Waals surface area (Å²) in [6.45, 7) is 2.29. The summed E-state index contributed by atoms with van der Waals surface area (Å²) in [6.07, 6.45) is 1.81. The molecule has 1 rings (SSSR count). The Bertz CT molecular complexity index is 383. The molecule has 5 heteroatoms. The van der Waals surface area contributed by atoms with Gasteiger partial charge in [0, 0.05) is 19.2 Å². The van der Waals surface area contributed by atoms with Crippen LogP contribution >= 0.6 is 0 Å². The Morgan fingerprint density at radius 3 is 2.89 bits per heavy atom. The lowest BCUT2D eigenvalue weighted by molar-refractivity contribution is 0.0952. The lowest BCUT2D eigenvalue weighted by atomic mass is 10.2. The number of rotatable bonds is 9. The Balaban J connectivity index is 2.43. The van der Waals surface area contributed by atoms with Crippen LogP contribution in [0.5, 0.6) is 5.75 Å². The van der Waals surface area contributed by atoms with Crippen molar-refractivity contribution < 1.29 is 14.3 Å². The maximum absolute atomic E-state index is 11.9. The fourth-order valence-corrected chi connectivity index (χ4v) is 1.54. The van der Waals surface area contributed by atoms with Crippen LogP contribution in [0.1, 0.15) is 23.2 Å². The van der Waals surface area contributed by atoms with E-state index in [-0.39, 0.29) is 5.91 Å². The molecular weight excluding hydrogens is 244 g/mol. The average molecular weight is 266 g/mol. The van der Waals surface area contributed by atoms with E-state index in [2.05, 4.69) is 5.32 Å². The molecule has 0 aromatic heterocycles. The highest BCUT2D eigenvalue weighted by molar-refractivity contribution is 5.94. The van der Waals surface area contributed by atoms with E-state index in [0.29, 0.717) is 37.6 Å². The molecule has 0 bridgehead atoms. The summed E-state index contributed by atoms with van der Waals surface area (Å²) < 4.78 is 10.4. The molecule has 19 heavy (non-hydrogen) atoms. The molecule has 0 radical (unpaired) electrons. The lowest BCUT2D eigenvalue weighted by Gasteiger charge is -2.08. The number of methoxy groups -OCH3 is 1. The Morgan fingerprint density at radius 2 is 2.16 bits per heavy atom. The summed E-state index contributed by atoms with van der Waals surface area (Å²) in [6, 6.07) is 7.12. The van der Waals surface area contributed by atoms with Gasteiger partial charge < -0.3 is 20.5 Å². The molecule has 0 spiro atoms. The second kappa shape index (κ2) is 9.35. The largest absolute Gasteiger partial charge is 0.491 e. The minimum atomic E-state index is -0.0887. The third kappa shape index (κ3) is 6.22. The predicted molar refractivity (Wildman–Crippen MR) is 74.4 cm³/mol. The van der Waals surface area contributed by atoms with Gasteiger partial charge in [0.15, 0.2) is 0 Å².